The zero-order chi connectivity index (χ0) is 8.27. The van der Waals surface area contributed by atoms with E-state index in [-0.39, 0.29) is 0 Å². The Hall–Kier alpha value is 0.0100. The zero-order valence-electron chi connectivity index (χ0n) is 7.10. The molecule has 11 heavy (non-hydrogen) atoms. The number of aryl methyl sites for hydroxylation is 2. The van der Waals surface area contributed by atoms with E-state index >= 15 is 0 Å². The van der Waals surface area contributed by atoms with E-state index in [4.69, 9.17) is 0 Å². The first kappa shape index (κ1) is 9.10. The van der Waals surface area contributed by atoms with Crippen molar-refractivity contribution in [1.29, 1.82) is 0 Å². The van der Waals surface area contributed by atoms with Crippen LogP contribution >= 0.6 is 22.6 Å². The smallest absolute Gasteiger partial charge is 0.0231 e. The van der Waals surface area contributed by atoms with E-state index in [1.54, 1.807) is 0 Å². The van der Waals surface area contributed by atoms with E-state index in [2.05, 4.69) is 53.1 Å². The Morgan fingerprint density at radius 1 is 1.27 bits per heavy atom. The molecule has 0 radical (unpaired) electrons. The number of halogens is 1. The normalized spacial score (nSPS) is 10.5. The van der Waals surface area contributed by atoms with Gasteiger partial charge in [-0.3, -0.25) is 0 Å². The molecule has 62 valence electrons. The van der Waals surface area contributed by atoms with Gasteiger partial charge in [0.1, 0.15) is 0 Å². The molecule has 0 unspecified atom stereocenters. The summed E-state index contributed by atoms with van der Waals surface area (Å²) in [5, 5.41) is 0. The van der Waals surface area contributed by atoms with Gasteiger partial charge in [0.05, 0.1) is 0 Å². The monoisotopic (exact) mass is 263 g/mol. The maximum absolute atomic E-state index is 2.42. The number of alkyl halides is 1. The average molecular weight is 263 g/mol. The summed E-state index contributed by atoms with van der Waals surface area (Å²) in [4.78, 5) is 0. The van der Waals surface area contributed by atoms with Gasteiger partial charge in [-0.1, -0.05) is 22.6 Å². The van der Waals surface area contributed by atoms with Crippen molar-refractivity contribution in [3.63, 3.8) is 0 Å². The number of hydrogen-bond acceptors (Lipinski definition) is 0. The summed E-state index contributed by atoms with van der Waals surface area (Å²) >= 11 is 2.42. The molecular formula is C9H14IN. The molecule has 0 aliphatic carbocycles. The summed E-state index contributed by atoms with van der Waals surface area (Å²) in [6.45, 7) is 5.51. The highest BCUT2D eigenvalue weighted by atomic mass is 127. The molecule has 0 atom stereocenters. The van der Waals surface area contributed by atoms with Gasteiger partial charge in [-0.2, -0.15) is 0 Å². The van der Waals surface area contributed by atoms with Crippen LogP contribution in [0.3, 0.4) is 0 Å². The van der Waals surface area contributed by atoms with Gasteiger partial charge in [-0.05, 0) is 32.4 Å². The van der Waals surface area contributed by atoms with Crippen molar-refractivity contribution in [3.05, 3.63) is 23.5 Å². The van der Waals surface area contributed by atoms with Crippen molar-refractivity contribution in [1.82, 2.24) is 4.57 Å². The molecule has 0 fully saturated rings. The second kappa shape index (κ2) is 4.14. The molecule has 1 heterocycles. The van der Waals surface area contributed by atoms with E-state index in [1.807, 2.05) is 0 Å². The molecule has 0 aliphatic rings. The van der Waals surface area contributed by atoms with Crippen molar-refractivity contribution >= 4 is 22.6 Å². The van der Waals surface area contributed by atoms with E-state index in [9.17, 15) is 0 Å². The van der Waals surface area contributed by atoms with Crippen LogP contribution < -0.4 is 0 Å². The minimum atomic E-state index is 1.17. The fourth-order valence-electron chi connectivity index (χ4n) is 1.27. The summed E-state index contributed by atoms with van der Waals surface area (Å²) in [5.41, 5.74) is 2.76. The van der Waals surface area contributed by atoms with E-state index < -0.39 is 0 Å². The Bertz CT molecular complexity index is 208. The third-order valence-corrected chi connectivity index (χ3v) is 2.70. The van der Waals surface area contributed by atoms with Gasteiger partial charge in [-0.25, -0.2) is 0 Å². The minimum Gasteiger partial charge on any atom is -0.349 e. The molecule has 0 aliphatic heterocycles. The van der Waals surface area contributed by atoms with Gasteiger partial charge in [-0.15, -0.1) is 0 Å². The summed E-state index contributed by atoms with van der Waals surface area (Å²) in [6, 6.07) is 4.37. The lowest BCUT2D eigenvalue weighted by Crippen LogP contribution is -2.02. The highest BCUT2D eigenvalue weighted by Gasteiger charge is 1.98. The molecule has 1 aromatic heterocycles. The SMILES string of the molecule is Cc1ccc(C)n1CCCI. The number of nitrogens with zero attached hydrogens (tertiary/aromatic N) is 1. The molecule has 1 aromatic rings. The van der Waals surface area contributed by atoms with E-state index in [0.717, 1.165) is 0 Å². The summed E-state index contributed by atoms with van der Waals surface area (Å²) in [7, 11) is 0. The summed E-state index contributed by atoms with van der Waals surface area (Å²) in [5.74, 6) is 0. The molecule has 2 heteroatoms. The van der Waals surface area contributed by atoms with Crippen LogP contribution in [-0.4, -0.2) is 8.99 Å². The largest absolute Gasteiger partial charge is 0.349 e. The lowest BCUT2D eigenvalue weighted by Gasteiger charge is -2.06. The van der Waals surface area contributed by atoms with Crippen molar-refractivity contribution < 1.29 is 0 Å². The van der Waals surface area contributed by atoms with Crippen LogP contribution in [-0.2, 0) is 6.54 Å². The fourth-order valence-corrected chi connectivity index (χ4v) is 1.61. The van der Waals surface area contributed by atoms with Crippen LogP contribution in [0.2, 0.25) is 0 Å². The molecule has 0 saturated carbocycles. The first-order valence-electron chi connectivity index (χ1n) is 3.94. The number of aromatic nitrogens is 1. The second-order valence-electron chi connectivity index (χ2n) is 2.81. The van der Waals surface area contributed by atoms with Gasteiger partial charge in [0.15, 0.2) is 0 Å². The van der Waals surface area contributed by atoms with Crippen LogP contribution in [0.5, 0.6) is 0 Å². The standard InChI is InChI=1S/C9H14IN/c1-8-4-5-9(2)11(8)7-3-6-10/h4-5H,3,6-7H2,1-2H3. The third kappa shape index (κ3) is 2.22. The Morgan fingerprint density at radius 3 is 2.27 bits per heavy atom. The van der Waals surface area contributed by atoms with Crippen molar-refractivity contribution in [2.45, 2.75) is 26.8 Å². The highest BCUT2D eigenvalue weighted by molar-refractivity contribution is 14.1. The molecule has 0 spiro atoms. The number of hydrogen-bond donors (Lipinski definition) is 0. The highest BCUT2D eigenvalue weighted by Crippen LogP contribution is 2.08. The van der Waals surface area contributed by atoms with Crippen molar-refractivity contribution in [2.24, 2.45) is 0 Å². The van der Waals surface area contributed by atoms with Crippen molar-refractivity contribution in [2.75, 3.05) is 4.43 Å². The fraction of sp³-hybridized carbons (Fsp3) is 0.556. The topological polar surface area (TPSA) is 4.93 Å². The molecule has 0 N–H and O–H groups in total. The molecular weight excluding hydrogens is 249 g/mol. The van der Waals surface area contributed by atoms with Gasteiger partial charge >= 0.3 is 0 Å². The van der Waals surface area contributed by atoms with E-state index in [1.165, 1.54) is 28.8 Å². The van der Waals surface area contributed by atoms with Crippen LogP contribution in [0, 0.1) is 13.8 Å². The quantitative estimate of drug-likeness (QED) is 0.583. The molecule has 1 nitrogen and oxygen atoms in total. The van der Waals surface area contributed by atoms with Gasteiger partial charge in [0, 0.05) is 22.4 Å². The molecule has 0 bridgehead atoms. The zero-order valence-corrected chi connectivity index (χ0v) is 9.26. The lowest BCUT2D eigenvalue weighted by molar-refractivity contribution is 0.657. The van der Waals surface area contributed by atoms with Crippen LogP contribution in [0.15, 0.2) is 12.1 Å². The molecule has 1 rings (SSSR count). The minimum absolute atomic E-state index is 1.17. The molecule has 0 amide bonds. The Morgan fingerprint density at radius 2 is 1.82 bits per heavy atom. The summed E-state index contributed by atoms with van der Waals surface area (Å²) < 4.78 is 3.62. The maximum atomic E-state index is 2.42. The van der Waals surface area contributed by atoms with Crippen LogP contribution in [0.4, 0.5) is 0 Å². The van der Waals surface area contributed by atoms with Crippen LogP contribution in [0.25, 0.3) is 0 Å². The maximum Gasteiger partial charge on any atom is 0.0231 e. The van der Waals surface area contributed by atoms with Crippen molar-refractivity contribution in [3.8, 4) is 0 Å². The third-order valence-electron chi connectivity index (χ3n) is 1.93. The van der Waals surface area contributed by atoms with Gasteiger partial charge in [0.25, 0.3) is 0 Å². The number of rotatable bonds is 3. The molecule has 0 aromatic carbocycles. The second-order valence-corrected chi connectivity index (χ2v) is 3.89. The Kier molecular flexibility index (Phi) is 3.43. The average Bonchev–Trinajstić information content (AvgIpc) is 2.29. The van der Waals surface area contributed by atoms with E-state index in [0.29, 0.717) is 0 Å². The Balaban J connectivity index is 2.67. The first-order valence-corrected chi connectivity index (χ1v) is 5.47. The Labute approximate surface area is 81.9 Å². The lowest BCUT2D eigenvalue weighted by atomic mass is 10.4. The first-order chi connectivity index (χ1) is 5.25. The van der Waals surface area contributed by atoms with Gasteiger partial charge in [0.2, 0.25) is 0 Å². The molecule has 0 saturated heterocycles. The van der Waals surface area contributed by atoms with Gasteiger partial charge < -0.3 is 4.57 Å². The predicted octanol–water partition coefficient (Wildman–Crippen LogP) is 2.93. The predicted molar refractivity (Wildman–Crippen MR) is 57.4 cm³/mol. The van der Waals surface area contributed by atoms with Crippen LogP contribution in [0.1, 0.15) is 17.8 Å². The summed E-state index contributed by atoms with van der Waals surface area (Å²) in [6.07, 6.45) is 1.27.